The Morgan fingerprint density at radius 2 is 2.20 bits per heavy atom. The van der Waals surface area contributed by atoms with Gasteiger partial charge in [0.1, 0.15) is 12.1 Å². The van der Waals surface area contributed by atoms with Crippen LogP contribution < -0.4 is 5.32 Å². The molecule has 108 valence electrons. The van der Waals surface area contributed by atoms with Crippen LogP contribution in [0.15, 0.2) is 5.38 Å². The topological polar surface area (TPSA) is 62.3 Å². The molecule has 0 spiro atoms. The van der Waals surface area contributed by atoms with E-state index in [0.717, 1.165) is 23.5 Å². The summed E-state index contributed by atoms with van der Waals surface area (Å²) in [7, 11) is 0. The molecule has 2 amide bonds. The van der Waals surface area contributed by atoms with Crippen molar-refractivity contribution in [1.82, 2.24) is 15.2 Å². The SMILES string of the molecule is CCC1C(=O)NC(C2CC2)C(=O)N1Cc1csc(C)n1. The Labute approximate surface area is 122 Å². The molecule has 2 atom stereocenters. The molecule has 1 saturated heterocycles. The number of nitrogens with one attached hydrogen (secondary N) is 1. The molecule has 2 fully saturated rings. The van der Waals surface area contributed by atoms with E-state index in [1.165, 1.54) is 0 Å². The number of carbonyl (C=O) groups excluding carboxylic acids is 2. The van der Waals surface area contributed by atoms with Gasteiger partial charge >= 0.3 is 0 Å². The number of piperazine rings is 1. The van der Waals surface area contributed by atoms with Gasteiger partial charge in [0.2, 0.25) is 11.8 Å². The zero-order valence-corrected chi connectivity index (χ0v) is 12.6. The first kappa shape index (κ1) is 13.5. The largest absolute Gasteiger partial charge is 0.342 e. The summed E-state index contributed by atoms with van der Waals surface area (Å²) in [5, 5.41) is 5.86. The fourth-order valence-corrected chi connectivity index (χ4v) is 3.39. The lowest BCUT2D eigenvalue weighted by atomic mass is 10.0. The van der Waals surface area contributed by atoms with Crippen LogP contribution >= 0.6 is 11.3 Å². The molecular formula is C14H19N3O2S. The van der Waals surface area contributed by atoms with Crippen molar-refractivity contribution in [3.63, 3.8) is 0 Å². The number of aromatic nitrogens is 1. The number of nitrogens with zero attached hydrogens (tertiary/aromatic N) is 2. The Bertz CT molecular complexity index is 538. The second-order valence-electron chi connectivity index (χ2n) is 5.57. The number of amides is 2. The Kier molecular flexibility index (Phi) is 3.50. The van der Waals surface area contributed by atoms with Crippen molar-refractivity contribution >= 4 is 23.2 Å². The molecule has 20 heavy (non-hydrogen) atoms. The van der Waals surface area contributed by atoms with Gasteiger partial charge in [0, 0.05) is 5.38 Å². The van der Waals surface area contributed by atoms with Gasteiger partial charge in [0.05, 0.1) is 17.2 Å². The van der Waals surface area contributed by atoms with Crippen LogP contribution in [0.4, 0.5) is 0 Å². The molecule has 6 heteroatoms. The normalized spacial score (nSPS) is 26.8. The van der Waals surface area contributed by atoms with Gasteiger partial charge in [-0.2, -0.15) is 0 Å². The molecule has 0 aromatic carbocycles. The smallest absolute Gasteiger partial charge is 0.246 e. The van der Waals surface area contributed by atoms with Gasteiger partial charge in [-0.25, -0.2) is 4.98 Å². The van der Waals surface area contributed by atoms with E-state index in [2.05, 4.69) is 10.3 Å². The van der Waals surface area contributed by atoms with Gasteiger partial charge in [0.15, 0.2) is 0 Å². The van der Waals surface area contributed by atoms with Crippen LogP contribution in [-0.2, 0) is 16.1 Å². The summed E-state index contributed by atoms with van der Waals surface area (Å²) >= 11 is 1.57. The molecule has 5 nitrogen and oxygen atoms in total. The third-order valence-electron chi connectivity index (χ3n) is 4.00. The fraction of sp³-hybridized carbons (Fsp3) is 0.643. The van der Waals surface area contributed by atoms with Gasteiger partial charge in [0.25, 0.3) is 0 Å². The van der Waals surface area contributed by atoms with Crippen molar-refractivity contribution in [2.24, 2.45) is 5.92 Å². The molecule has 3 rings (SSSR count). The highest BCUT2D eigenvalue weighted by molar-refractivity contribution is 7.09. The minimum absolute atomic E-state index is 0.0176. The van der Waals surface area contributed by atoms with E-state index in [4.69, 9.17) is 0 Å². The number of thiazole rings is 1. The van der Waals surface area contributed by atoms with Crippen LogP contribution in [0.25, 0.3) is 0 Å². The van der Waals surface area contributed by atoms with Gasteiger partial charge < -0.3 is 10.2 Å². The lowest BCUT2D eigenvalue weighted by Crippen LogP contribution is -2.63. The van der Waals surface area contributed by atoms with Crippen LogP contribution in [0.5, 0.6) is 0 Å². The molecule has 1 aromatic rings. The van der Waals surface area contributed by atoms with Crippen LogP contribution in [-0.4, -0.2) is 33.8 Å². The summed E-state index contributed by atoms with van der Waals surface area (Å²) in [5.74, 6) is 0.379. The van der Waals surface area contributed by atoms with Crippen LogP contribution in [0.1, 0.15) is 36.9 Å². The number of aryl methyl sites for hydroxylation is 1. The second kappa shape index (κ2) is 5.16. The van der Waals surface area contributed by atoms with Gasteiger partial charge in [-0.3, -0.25) is 9.59 Å². The first-order chi connectivity index (χ1) is 9.60. The van der Waals surface area contributed by atoms with E-state index in [1.54, 1.807) is 16.2 Å². The quantitative estimate of drug-likeness (QED) is 0.914. The summed E-state index contributed by atoms with van der Waals surface area (Å²) in [6, 6.07) is -0.676. The maximum Gasteiger partial charge on any atom is 0.246 e. The zero-order valence-electron chi connectivity index (χ0n) is 11.8. The molecule has 1 aliphatic carbocycles. The van der Waals surface area contributed by atoms with Crippen molar-refractivity contribution < 1.29 is 9.59 Å². The van der Waals surface area contributed by atoms with Crippen molar-refractivity contribution in [3.05, 3.63) is 16.1 Å². The third-order valence-corrected chi connectivity index (χ3v) is 4.83. The van der Waals surface area contributed by atoms with E-state index < -0.39 is 0 Å². The second-order valence-corrected chi connectivity index (χ2v) is 6.63. The van der Waals surface area contributed by atoms with Crippen LogP contribution in [0.3, 0.4) is 0 Å². The average Bonchev–Trinajstić information content (AvgIpc) is 3.17. The lowest BCUT2D eigenvalue weighted by molar-refractivity contribution is -0.150. The summed E-state index contributed by atoms with van der Waals surface area (Å²) < 4.78 is 0. The molecule has 1 N–H and O–H groups in total. The van der Waals surface area contributed by atoms with Gasteiger partial charge in [-0.05, 0) is 32.1 Å². The number of carbonyl (C=O) groups is 2. The molecule has 2 unspecified atom stereocenters. The average molecular weight is 293 g/mol. The molecule has 1 aliphatic heterocycles. The van der Waals surface area contributed by atoms with Crippen LogP contribution in [0, 0.1) is 12.8 Å². The lowest BCUT2D eigenvalue weighted by Gasteiger charge is -2.38. The Hall–Kier alpha value is -1.43. The number of hydrogen-bond acceptors (Lipinski definition) is 4. The third kappa shape index (κ3) is 2.44. The zero-order chi connectivity index (χ0) is 14.3. The minimum atomic E-state index is -0.362. The predicted octanol–water partition coefficient (Wildman–Crippen LogP) is 1.47. The molecule has 0 bridgehead atoms. The maximum atomic E-state index is 12.6. The summed E-state index contributed by atoms with van der Waals surface area (Å²) in [5.41, 5.74) is 0.878. The van der Waals surface area contributed by atoms with Crippen molar-refractivity contribution in [2.75, 3.05) is 0 Å². The highest BCUT2D eigenvalue weighted by atomic mass is 32.1. The molecule has 0 radical (unpaired) electrons. The molecular weight excluding hydrogens is 274 g/mol. The first-order valence-electron chi connectivity index (χ1n) is 7.12. The summed E-state index contributed by atoms with van der Waals surface area (Å²) in [6.45, 7) is 4.33. The van der Waals surface area contributed by atoms with E-state index in [-0.39, 0.29) is 23.9 Å². The molecule has 1 saturated carbocycles. The minimum Gasteiger partial charge on any atom is -0.342 e. The van der Waals surface area contributed by atoms with Crippen molar-refractivity contribution in [3.8, 4) is 0 Å². The van der Waals surface area contributed by atoms with E-state index in [0.29, 0.717) is 18.9 Å². The van der Waals surface area contributed by atoms with Crippen molar-refractivity contribution in [2.45, 2.75) is 51.7 Å². The molecule has 2 heterocycles. The highest BCUT2D eigenvalue weighted by Gasteiger charge is 2.46. The Morgan fingerprint density at radius 3 is 2.75 bits per heavy atom. The van der Waals surface area contributed by atoms with E-state index >= 15 is 0 Å². The van der Waals surface area contributed by atoms with Crippen LogP contribution in [0.2, 0.25) is 0 Å². The Balaban J connectivity index is 1.82. The number of hydrogen-bond donors (Lipinski definition) is 1. The van der Waals surface area contributed by atoms with Crippen molar-refractivity contribution in [1.29, 1.82) is 0 Å². The van der Waals surface area contributed by atoms with Gasteiger partial charge in [-0.1, -0.05) is 6.92 Å². The highest BCUT2D eigenvalue weighted by Crippen LogP contribution is 2.35. The summed E-state index contributed by atoms with van der Waals surface area (Å²) in [6.07, 6.45) is 2.71. The first-order valence-corrected chi connectivity index (χ1v) is 8.00. The Morgan fingerprint density at radius 1 is 1.45 bits per heavy atom. The maximum absolute atomic E-state index is 12.6. The molecule has 2 aliphatic rings. The fourth-order valence-electron chi connectivity index (χ4n) is 2.78. The van der Waals surface area contributed by atoms with Gasteiger partial charge in [-0.15, -0.1) is 11.3 Å². The monoisotopic (exact) mass is 293 g/mol. The molecule has 1 aromatic heterocycles. The standard InChI is InChI=1S/C14H19N3O2S/c1-3-11-13(18)16-12(9-4-5-9)14(19)17(11)6-10-7-20-8(2)15-10/h7,9,11-12H,3-6H2,1-2H3,(H,16,18). The van der Waals surface area contributed by atoms with E-state index in [1.807, 2.05) is 19.2 Å². The summed E-state index contributed by atoms with van der Waals surface area (Å²) in [4.78, 5) is 30.9. The number of rotatable bonds is 4. The van der Waals surface area contributed by atoms with E-state index in [9.17, 15) is 9.59 Å². The predicted molar refractivity (Wildman–Crippen MR) is 76.1 cm³/mol.